The zero-order chi connectivity index (χ0) is 21.5. The van der Waals surface area contributed by atoms with Gasteiger partial charge in [0.05, 0.1) is 17.8 Å². The molecule has 5 rings (SSSR count). The van der Waals surface area contributed by atoms with Crippen molar-refractivity contribution in [3.63, 3.8) is 0 Å². The maximum atomic E-state index is 12.1. The topological polar surface area (TPSA) is 49.8 Å². The van der Waals surface area contributed by atoms with E-state index < -0.39 is 6.10 Å². The number of hydrogen-bond acceptors (Lipinski definition) is 3. The van der Waals surface area contributed by atoms with Crippen molar-refractivity contribution in [1.82, 2.24) is 0 Å². The second kappa shape index (κ2) is 6.91. The van der Waals surface area contributed by atoms with E-state index in [1.54, 1.807) is 0 Å². The lowest BCUT2D eigenvalue weighted by Gasteiger charge is -2.59. The van der Waals surface area contributed by atoms with Crippen molar-refractivity contribution < 1.29 is 14.6 Å². The minimum absolute atomic E-state index is 0.0379. The number of ketones is 1. The lowest BCUT2D eigenvalue weighted by Crippen LogP contribution is -2.54. The van der Waals surface area contributed by atoms with Gasteiger partial charge in [0.25, 0.3) is 0 Å². The summed E-state index contributed by atoms with van der Waals surface area (Å²) < 4.78 is 5.84. The third kappa shape index (κ3) is 3.09. The Morgan fingerprint density at radius 1 is 1.13 bits per heavy atom. The summed E-state index contributed by atoms with van der Waals surface area (Å²) >= 11 is 0. The SMILES string of the molecule is C[C@H](CCC1OC1(C)C)[C@H]1CCC2C3CC(O)C4=CC(=O)CC[C@]4(C)C3CC[C@@]21C. The monoisotopic (exact) mass is 414 g/mol. The Morgan fingerprint density at radius 2 is 1.87 bits per heavy atom. The third-order valence-electron chi connectivity index (χ3n) is 10.8. The quantitative estimate of drug-likeness (QED) is 0.600. The first-order valence-electron chi connectivity index (χ1n) is 12.7. The molecule has 4 fully saturated rings. The molecule has 0 amide bonds. The van der Waals surface area contributed by atoms with Gasteiger partial charge in [-0.25, -0.2) is 0 Å². The Hall–Kier alpha value is -0.670. The van der Waals surface area contributed by atoms with Crippen molar-refractivity contribution in [1.29, 1.82) is 0 Å². The van der Waals surface area contributed by atoms with Crippen molar-refractivity contribution in [3.8, 4) is 0 Å². The predicted molar refractivity (Wildman–Crippen MR) is 119 cm³/mol. The van der Waals surface area contributed by atoms with Crippen LogP contribution in [0.4, 0.5) is 0 Å². The van der Waals surface area contributed by atoms with E-state index in [1.165, 1.54) is 38.5 Å². The normalized spacial score (nSPS) is 50.2. The molecule has 9 atom stereocenters. The molecular weight excluding hydrogens is 372 g/mol. The third-order valence-corrected chi connectivity index (χ3v) is 10.8. The Bertz CT molecular complexity index is 753. The van der Waals surface area contributed by atoms with Gasteiger partial charge >= 0.3 is 0 Å². The van der Waals surface area contributed by atoms with Crippen LogP contribution in [0, 0.1) is 40.4 Å². The number of aliphatic hydroxyl groups excluding tert-OH is 1. The lowest BCUT2D eigenvalue weighted by atomic mass is 9.46. The van der Waals surface area contributed by atoms with Crippen LogP contribution in [0.3, 0.4) is 0 Å². The Kier molecular flexibility index (Phi) is 4.88. The van der Waals surface area contributed by atoms with Gasteiger partial charge in [0.2, 0.25) is 0 Å². The van der Waals surface area contributed by atoms with Gasteiger partial charge < -0.3 is 9.84 Å². The van der Waals surface area contributed by atoms with Crippen molar-refractivity contribution >= 4 is 5.78 Å². The molecule has 1 N–H and O–H groups in total. The predicted octanol–water partition coefficient (Wildman–Crippen LogP) is 5.70. The Labute approximate surface area is 183 Å². The molecule has 0 spiro atoms. The van der Waals surface area contributed by atoms with Crippen LogP contribution < -0.4 is 0 Å². The average Bonchev–Trinajstić information content (AvgIpc) is 3.12. The first-order valence-corrected chi connectivity index (χ1v) is 12.7. The number of carbonyl (C=O) groups excluding carboxylic acids is 1. The van der Waals surface area contributed by atoms with Crippen LogP contribution in [0.2, 0.25) is 0 Å². The first-order chi connectivity index (χ1) is 14.1. The standard InChI is InChI=1S/C27H42O3/c1-16(6-9-24-25(2,3)30-24)19-7-8-20-18-15-23(29)22-14-17(28)10-12-27(22,5)21(18)11-13-26(19,20)4/h14,16,18-21,23-24,29H,6-13,15H2,1-5H3/t16-,18?,19-,20?,21?,23?,24?,26-,27-/m1/s1. The molecule has 1 heterocycles. The molecule has 3 heteroatoms. The number of epoxide rings is 1. The molecule has 1 saturated heterocycles. The van der Waals surface area contributed by atoms with Gasteiger partial charge in [-0.2, -0.15) is 0 Å². The summed E-state index contributed by atoms with van der Waals surface area (Å²) in [5.74, 6) is 3.79. The molecule has 5 unspecified atom stereocenters. The van der Waals surface area contributed by atoms with Crippen LogP contribution in [-0.2, 0) is 9.53 Å². The molecule has 0 aromatic heterocycles. The molecule has 0 aromatic carbocycles. The number of aliphatic hydroxyl groups is 1. The van der Waals surface area contributed by atoms with E-state index in [9.17, 15) is 9.90 Å². The second-order valence-electron chi connectivity index (χ2n) is 12.6. The molecule has 168 valence electrons. The van der Waals surface area contributed by atoms with E-state index in [0.29, 0.717) is 29.8 Å². The van der Waals surface area contributed by atoms with Crippen molar-refractivity contribution in [2.45, 2.75) is 110 Å². The van der Waals surface area contributed by atoms with Crippen LogP contribution >= 0.6 is 0 Å². The highest BCUT2D eigenvalue weighted by Crippen LogP contribution is 2.67. The van der Waals surface area contributed by atoms with E-state index in [-0.39, 0.29) is 16.8 Å². The van der Waals surface area contributed by atoms with Crippen LogP contribution in [0.25, 0.3) is 0 Å². The van der Waals surface area contributed by atoms with Gasteiger partial charge in [0, 0.05) is 6.42 Å². The number of hydrogen-bond donors (Lipinski definition) is 1. The van der Waals surface area contributed by atoms with Gasteiger partial charge in [-0.3, -0.25) is 4.79 Å². The fourth-order valence-electron chi connectivity index (χ4n) is 8.94. The summed E-state index contributed by atoms with van der Waals surface area (Å²) in [6.07, 6.45) is 12.1. The van der Waals surface area contributed by atoms with Crippen LogP contribution in [0.5, 0.6) is 0 Å². The molecule has 30 heavy (non-hydrogen) atoms. The number of carbonyl (C=O) groups is 1. The fourth-order valence-corrected chi connectivity index (χ4v) is 8.94. The van der Waals surface area contributed by atoms with Crippen LogP contribution in [0.1, 0.15) is 92.4 Å². The Morgan fingerprint density at radius 3 is 2.57 bits per heavy atom. The summed E-state index contributed by atoms with van der Waals surface area (Å²) in [6, 6.07) is 0. The number of fused-ring (bicyclic) bond motifs is 5. The fraction of sp³-hybridized carbons (Fsp3) is 0.889. The molecule has 3 nitrogen and oxygen atoms in total. The molecule has 5 aliphatic rings. The van der Waals surface area contributed by atoms with E-state index >= 15 is 0 Å². The van der Waals surface area contributed by atoms with Gasteiger partial charge in [-0.1, -0.05) is 20.8 Å². The molecule has 3 saturated carbocycles. The van der Waals surface area contributed by atoms with Crippen molar-refractivity contribution in [2.75, 3.05) is 0 Å². The van der Waals surface area contributed by atoms with Gasteiger partial charge in [-0.05, 0) is 117 Å². The van der Waals surface area contributed by atoms with Gasteiger partial charge in [0.15, 0.2) is 5.78 Å². The van der Waals surface area contributed by atoms with Crippen LogP contribution in [-0.4, -0.2) is 28.7 Å². The van der Waals surface area contributed by atoms with Crippen molar-refractivity contribution in [3.05, 3.63) is 11.6 Å². The van der Waals surface area contributed by atoms with Crippen molar-refractivity contribution in [2.24, 2.45) is 40.4 Å². The smallest absolute Gasteiger partial charge is 0.155 e. The van der Waals surface area contributed by atoms with E-state index in [1.807, 2.05) is 6.08 Å². The lowest BCUT2D eigenvalue weighted by molar-refractivity contribution is -0.119. The molecule has 0 aromatic rings. The highest BCUT2D eigenvalue weighted by atomic mass is 16.6. The number of rotatable bonds is 4. The molecule has 0 radical (unpaired) electrons. The summed E-state index contributed by atoms with van der Waals surface area (Å²) in [4.78, 5) is 12.1. The zero-order valence-electron chi connectivity index (χ0n) is 19.7. The van der Waals surface area contributed by atoms with Crippen LogP contribution in [0.15, 0.2) is 11.6 Å². The summed E-state index contributed by atoms with van der Waals surface area (Å²) in [5, 5.41) is 11.1. The zero-order valence-corrected chi connectivity index (χ0v) is 19.7. The van der Waals surface area contributed by atoms with Gasteiger partial charge in [-0.15, -0.1) is 0 Å². The van der Waals surface area contributed by atoms with E-state index in [0.717, 1.165) is 36.2 Å². The van der Waals surface area contributed by atoms with E-state index in [2.05, 4.69) is 34.6 Å². The summed E-state index contributed by atoms with van der Waals surface area (Å²) in [5.41, 5.74) is 1.64. The second-order valence-corrected chi connectivity index (χ2v) is 12.6. The minimum Gasteiger partial charge on any atom is -0.389 e. The molecule has 4 aliphatic carbocycles. The summed E-state index contributed by atoms with van der Waals surface area (Å²) in [6.45, 7) is 11.9. The first kappa shape index (κ1) is 21.2. The largest absolute Gasteiger partial charge is 0.389 e. The van der Waals surface area contributed by atoms with E-state index in [4.69, 9.17) is 4.74 Å². The summed E-state index contributed by atoms with van der Waals surface area (Å²) in [7, 11) is 0. The van der Waals surface area contributed by atoms with Gasteiger partial charge in [0.1, 0.15) is 0 Å². The number of ether oxygens (including phenoxy) is 1. The molecule has 0 bridgehead atoms. The Balaban J connectivity index is 1.33. The average molecular weight is 415 g/mol. The minimum atomic E-state index is -0.409. The maximum Gasteiger partial charge on any atom is 0.155 e. The highest BCUT2D eigenvalue weighted by molar-refractivity contribution is 5.91. The maximum absolute atomic E-state index is 12.1. The molecule has 1 aliphatic heterocycles. The molecular formula is C27H42O3. The highest BCUT2D eigenvalue weighted by Gasteiger charge is 2.61.